The molecule has 162 valence electrons. The van der Waals surface area contributed by atoms with E-state index < -0.39 is 0 Å². The van der Waals surface area contributed by atoms with E-state index in [1.165, 1.54) is 30.4 Å². The number of hydrogen-bond donors (Lipinski definition) is 1. The highest BCUT2D eigenvalue weighted by atomic mass is 16.5. The highest BCUT2D eigenvalue weighted by Gasteiger charge is 2.25. The molecule has 1 aliphatic heterocycles. The number of pyridine rings is 1. The second kappa shape index (κ2) is 8.31. The number of fused-ring (bicyclic) bond motifs is 1. The zero-order valence-electron chi connectivity index (χ0n) is 18.0. The van der Waals surface area contributed by atoms with E-state index in [1.807, 2.05) is 30.7 Å². The first-order valence-corrected chi connectivity index (χ1v) is 11.5. The predicted octanol–water partition coefficient (Wildman–Crippen LogP) is 4.81. The van der Waals surface area contributed by atoms with Crippen molar-refractivity contribution in [3.05, 3.63) is 60.0 Å². The Morgan fingerprint density at radius 2 is 1.84 bits per heavy atom. The molecule has 2 aliphatic rings. The van der Waals surface area contributed by atoms with Crippen molar-refractivity contribution in [2.24, 2.45) is 0 Å². The van der Waals surface area contributed by atoms with Gasteiger partial charge in [0.05, 0.1) is 23.5 Å². The molecular weight excluding hydrogens is 400 g/mol. The Bertz CT molecular complexity index is 1220. The Balaban J connectivity index is 1.40. The van der Waals surface area contributed by atoms with Gasteiger partial charge in [-0.1, -0.05) is 36.6 Å². The van der Waals surface area contributed by atoms with Gasteiger partial charge in [0, 0.05) is 30.1 Å². The van der Waals surface area contributed by atoms with Crippen molar-refractivity contribution < 1.29 is 4.52 Å². The number of rotatable bonds is 4. The average molecular weight is 427 g/mol. The molecule has 0 atom stereocenters. The van der Waals surface area contributed by atoms with Crippen molar-refractivity contribution in [3.8, 4) is 34.1 Å². The summed E-state index contributed by atoms with van der Waals surface area (Å²) in [7, 11) is 0. The summed E-state index contributed by atoms with van der Waals surface area (Å²) in [5, 5.41) is 12.5. The molecule has 0 amide bonds. The molecule has 1 saturated carbocycles. The minimum absolute atomic E-state index is 0.399. The van der Waals surface area contributed by atoms with Crippen molar-refractivity contribution >= 4 is 0 Å². The molecule has 1 fully saturated rings. The molecule has 0 saturated heterocycles. The standard InChI is InChI=1S/C25H26N6O/c1-2-4-21(5-3-1)31-23(18-9-11-26-12-10-18)22(16-28-31)25-29-24(30-32-25)19-7-6-17-8-13-27-15-20(17)14-19/h6-7,9-12,14,16,21,27H,1-5,8,13,15H2. The van der Waals surface area contributed by atoms with E-state index in [9.17, 15) is 0 Å². The lowest BCUT2D eigenvalue weighted by Gasteiger charge is -2.24. The molecule has 1 N–H and O–H groups in total. The fourth-order valence-corrected chi connectivity index (χ4v) is 4.99. The van der Waals surface area contributed by atoms with Crippen LogP contribution < -0.4 is 5.32 Å². The van der Waals surface area contributed by atoms with E-state index in [2.05, 4.69) is 38.3 Å². The van der Waals surface area contributed by atoms with Crippen molar-refractivity contribution in [1.82, 2.24) is 30.2 Å². The minimum atomic E-state index is 0.399. The molecule has 0 unspecified atom stereocenters. The molecular formula is C25H26N6O. The Labute approximate surface area is 186 Å². The van der Waals surface area contributed by atoms with Gasteiger partial charge < -0.3 is 9.84 Å². The molecule has 3 aromatic heterocycles. The number of benzene rings is 1. The first-order chi connectivity index (χ1) is 15.9. The van der Waals surface area contributed by atoms with E-state index in [1.54, 1.807) is 0 Å². The van der Waals surface area contributed by atoms with E-state index in [0.717, 1.165) is 54.7 Å². The molecule has 1 aliphatic carbocycles. The lowest BCUT2D eigenvalue weighted by atomic mass is 9.95. The molecule has 6 rings (SSSR count). The lowest BCUT2D eigenvalue weighted by molar-refractivity contribution is 0.332. The topological polar surface area (TPSA) is 81.7 Å². The van der Waals surface area contributed by atoms with Gasteiger partial charge in [0.15, 0.2) is 0 Å². The Morgan fingerprint density at radius 3 is 2.72 bits per heavy atom. The first kappa shape index (κ1) is 19.4. The highest BCUT2D eigenvalue weighted by molar-refractivity contribution is 5.77. The van der Waals surface area contributed by atoms with Crippen LogP contribution in [0.3, 0.4) is 0 Å². The zero-order valence-corrected chi connectivity index (χ0v) is 18.0. The van der Waals surface area contributed by atoms with Crippen LogP contribution >= 0.6 is 0 Å². The maximum Gasteiger partial charge on any atom is 0.262 e. The molecule has 0 spiro atoms. The number of nitrogens with zero attached hydrogens (tertiary/aromatic N) is 5. The smallest absolute Gasteiger partial charge is 0.262 e. The van der Waals surface area contributed by atoms with Gasteiger partial charge in [-0.2, -0.15) is 10.1 Å². The third-order valence-electron chi connectivity index (χ3n) is 6.68. The Kier molecular flexibility index (Phi) is 5.03. The Morgan fingerprint density at radius 1 is 0.969 bits per heavy atom. The first-order valence-electron chi connectivity index (χ1n) is 11.5. The quantitative estimate of drug-likeness (QED) is 0.504. The summed E-state index contributed by atoms with van der Waals surface area (Å²) in [6.07, 6.45) is 12.7. The minimum Gasteiger partial charge on any atom is -0.333 e. The van der Waals surface area contributed by atoms with Gasteiger partial charge in [0.1, 0.15) is 0 Å². The second-order valence-corrected chi connectivity index (χ2v) is 8.71. The molecule has 7 heteroatoms. The fraction of sp³-hybridized carbons (Fsp3) is 0.360. The molecule has 7 nitrogen and oxygen atoms in total. The van der Waals surface area contributed by atoms with Crippen LogP contribution in [0, 0.1) is 0 Å². The lowest BCUT2D eigenvalue weighted by Crippen LogP contribution is -2.23. The van der Waals surface area contributed by atoms with Crippen LogP contribution in [0.4, 0.5) is 0 Å². The fourth-order valence-electron chi connectivity index (χ4n) is 4.99. The summed E-state index contributed by atoms with van der Waals surface area (Å²) in [6, 6.07) is 10.9. The largest absolute Gasteiger partial charge is 0.333 e. The van der Waals surface area contributed by atoms with Crippen molar-refractivity contribution in [3.63, 3.8) is 0 Å². The van der Waals surface area contributed by atoms with Crippen molar-refractivity contribution in [1.29, 1.82) is 0 Å². The summed E-state index contributed by atoms with van der Waals surface area (Å²) in [4.78, 5) is 8.97. The van der Waals surface area contributed by atoms with Gasteiger partial charge >= 0.3 is 0 Å². The third kappa shape index (κ3) is 3.52. The molecule has 4 aromatic rings. The average Bonchev–Trinajstić information content (AvgIpc) is 3.52. The monoisotopic (exact) mass is 426 g/mol. The molecule has 32 heavy (non-hydrogen) atoms. The van der Waals surface area contributed by atoms with Crippen molar-refractivity contribution in [2.75, 3.05) is 6.54 Å². The van der Waals surface area contributed by atoms with Crippen LogP contribution in [0.15, 0.2) is 53.4 Å². The maximum absolute atomic E-state index is 5.77. The maximum atomic E-state index is 5.77. The molecule has 1 aromatic carbocycles. The summed E-state index contributed by atoms with van der Waals surface area (Å²) in [6.45, 7) is 1.91. The van der Waals surface area contributed by atoms with E-state index in [-0.39, 0.29) is 0 Å². The molecule has 4 heterocycles. The van der Waals surface area contributed by atoms with Gasteiger partial charge in [-0.3, -0.25) is 9.67 Å². The van der Waals surface area contributed by atoms with E-state index in [4.69, 9.17) is 14.6 Å². The zero-order chi connectivity index (χ0) is 21.3. The molecule has 0 bridgehead atoms. The van der Waals surface area contributed by atoms with Gasteiger partial charge in [-0.15, -0.1) is 0 Å². The summed E-state index contributed by atoms with van der Waals surface area (Å²) in [5.74, 6) is 1.11. The Hall–Kier alpha value is -3.32. The van der Waals surface area contributed by atoms with Crippen LogP contribution in [-0.2, 0) is 13.0 Å². The van der Waals surface area contributed by atoms with E-state index >= 15 is 0 Å². The van der Waals surface area contributed by atoms with Crippen LogP contribution in [0.25, 0.3) is 34.1 Å². The summed E-state index contributed by atoms with van der Waals surface area (Å²) >= 11 is 0. The molecule has 0 radical (unpaired) electrons. The van der Waals surface area contributed by atoms with Crippen LogP contribution in [0.2, 0.25) is 0 Å². The van der Waals surface area contributed by atoms with Crippen LogP contribution in [-0.4, -0.2) is 31.4 Å². The number of nitrogens with one attached hydrogen (secondary N) is 1. The van der Waals surface area contributed by atoms with Crippen molar-refractivity contribution in [2.45, 2.75) is 51.1 Å². The van der Waals surface area contributed by atoms with Gasteiger partial charge in [-0.25, -0.2) is 0 Å². The van der Waals surface area contributed by atoms with Gasteiger partial charge in [0.2, 0.25) is 5.82 Å². The normalized spacial score (nSPS) is 16.8. The summed E-state index contributed by atoms with van der Waals surface area (Å²) < 4.78 is 7.93. The van der Waals surface area contributed by atoms with Gasteiger partial charge in [0.25, 0.3) is 5.89 Å². The third-order valence-corrected chi connectivity index (χ3v) is 6.68. The van der Waals surface area contributed by atoms with E-state index in [0.29, 0.717) is 17.8 Å². The second-order valence-electron chi connectivity index (χ2n) is 8.71. The van der Waals surface area contributed by atoms with Gasteiger partial charge in [-0.05, 0) is 55.1 Å². The van der Waals surface area contributed by atoms with Crippen LogP contribution in [0.5, 0.6) is 0 Å². The highest BCUT2D eigenvalue weighted by Crippen LogP contribution is 2.37. The number of hydrogen-bond acceptors (Lipinski definition) is 6. The predicted molar refractivity (Wildman–Crippen MR) is 122 cm³/mol. The van der Waals surface area contributed by atoms with Crippen LogP contribution in [0.1, 0.15) is 49.3 Å². The number of aromatic nitrogens is 5. The SMILES string of the molecule is c1cc(-c2c(-c3nc(-c4ccc5c(c4)CNCC5)no3)cnn2C2CCCCC2)ccn1. The summed E-state index contributed by atoms with van der Waals surface area (Å²) in [5.41, 5.74) is 6.65.